The molecule has 0 aromatic rings. The minimum absolute atomic E-state index is 0.0340. The molecular formula is C15H25NO4. The lowest BCUT2D eigenvalue weighted by atomic mass is 9.85. The zero-order valence-corrected chi connectivity index (χ0v) is 12.5. The molecule has 0 N–H and O–H groups in total. The molecule has 0 bridgehead atoms. The number of hydrogen-bond acceptors (Lipinski definition) is 4. The van der Waals surface area contributed by atoms with Crippen LogP contribution in [0.5, 0.6) is 0 Å². The fourth-order valence-electron chi connectivity index (χ4n) is 3.31. The van der Waals surface area contributed by atoms with Gasteiger partial charge < -0.3 is 14.4 Å². The summed E-state index contributed by atoms with van der Waals surface area (Å²) in [5.41, 5.74) is 0. The predicted molar refractivity (Wildman–Crippen MR) is 74.1 cm³/mol. The smallest absolute Gasteiger partial charge is 0.308 e. The summed E-state index contributed by atoms with van der Waals surface area (Å²) >= 11 is 0. The second kappa shape index (κ2) is 7.07. The van der Waals surface area contributed by atoms with E-state index >= 15 is 0 Å². The van der Waals surface area contributed by atoms with Crippen molar-refractivity contribution in [1.82, 2.24) is 4.90 Å². The Hall–Kier alpha value is -1.10. The number of likely N-dealkylation sites (tertiary alicyclic amines) is 1. The van der Waals surface area contributed by atoms with Crippen LogP contribution in [0.25, 0.3) is 0 Å². The van der Waals surface area contributed by atoms with Crippen LogP contribution >= 0.6 is 0 Å². The first kappa shape index (κ1) is 15.3. The van der Waals surface area contributed by atoms with E-state index in [4.69, 9.17) is 9.47 Å². The van der Waals surface area contributed by atoms with Crippen LogP contribution in [-0.2, 0) is 19.1 Å². The highest BCUT2D eigenvalue weighted by Gasteiger charge is 2.33. The van der Waals surface area contributed by atoms with Crippen LogP contribution in [0.3, 0.4) is 0 Å². The highest BCUT2D eigenvalue weighted by molar-refractivity contribution is 5.79. The highest BCUT2D eigenvalue weighted by Crippen LogP contribution is 2.29. The van der Waals surface area contributed by atoms with Gasteiger partial charge in [0.15, 0.2) is 0 Å². The van der Waals surface area contributed by atoms with Gasteiger partial charge in [-0.1, -0.05) is 0 Å². The third-order valence-corrected chi connectivity index (χ3v) is 4.70. The Kier molecular flexibility index (Phi) is 5.40. The standard InChI is InChI=1S/C15H25NO4/c1-19-13-5-3-11(4-6-13)14(17)16-9-7-12(8-10-16)15(18)20-2/h11-13H,3-10H2,1-2H3. The first-order chi connectivity index (χ1) is 9.65. The average Bonchev–Trinajstić information content (AvgIpc) is 2.53. The number of hydrogen-bond donors (Lipinski definition) is 0. The Morgan fingerprint density at radius 2 is 1.50 bits per heavy atom. The first-order valence-electron chi connectivity index (χ1n) is 7.55. The van der Waals surface area contributed by atoms with Crippen molar-refractivity contribution in [1.29, 1.82) is 0 Å². The SMILES string of the molecule is COC(=O)C1CCN(C(=O)C2CCC(OC)CC2)CC1. The fourth-order valence-corrected chi connectivity index (χ4v) is 3.31. The minimum atomic E-state index is -0.141. The molecule has 1 heterocycles. The summed E-state index contributed by atoms with van der Waals surface area (Å²) in [5, 5.41) is 0. The Bertz CT molecular complexity index is 342. The van der Waals surface area contributed by atoms with Gasteiger partial charge >= 0.3 is 5.97 Å². The van der Waals surface area contributed by atoms with Gasteiger partial charge in [0.2, 0.25) is 5.91 Å². The van der Waals surface area contributed by atoms with Crippen molar-refractivity contribution in [2.45, 2.75) is 44.6 Å². The third-order valence-electron chi connectivity index (χ3n) is 4.70. The zero-order chi connectivity index (χ0) is 14.5. The van der Waals surface area contributed by atoms with Gasteiger partial charge in [0.25, 0.3) is 0 Å². The molecule has 20 heavy (non-hydrogen) atoms. The van der Waals surface area contributed by atoms with Crippen LogP contribution in [-0.4, -0.2) is 50.2 Å². The maximum atomic E-state index is 12.5. The zero-order valence-electron chi connectivity index (χ0n) is 12.5. The highest BCUT2D eigenvalue weighted by atomic mass is 16.5. The number of carbonyl (C=O) groups excluding carboxylic acids is 2. The molecule has 1 saturated heterocycles. The van der Waals surface area contributed by atoms with Gasteiger partial charge in [-0.25, -0.2) is 0 Å². The Balaban J connectivity index is 1.79. The average molecular weight is 283 g/mol. The summed E-state index contributed by atoms with van der Waals surface area (Å²) in [7, 11) is 3.17. The maximum absolute atomic E-state index is 12.5. The number of piperidine rings is 1. The third kappa shape index (κ3) is 3.51. The lowest BCUT2D eigenvalue weighted by Gasteiger charge is -2.35. The predicted octanol–water partition coefficient (Wildman–Crippen LogP) is 1.60. The molecule has 5 heteroatoms. The van der Waals surface area contributed by atoms with E-state index in [2.05, 4.69) is 0 Å². The van der Waals surface area contributed by atoms with E-state index in [9.17, 15) is 9.59 Å². The minimum Gasteiger partial charge on any atom is -0.469 e. The number of amides is 1. The van der Waals surface area contributed by atoms with Crippen LogP contribution in [0.2, 0.25) is 0 Å². The Morgan fingerprint density at radius 1 is 0.900 bits per heavy atom. The van der Waals surface area contributed by atoms with Crippen LogP contribution in [0, 0.1) is 11.8 Å². The summed E-state index contributed by atoms with van der Waals surface area (Å²) in [5.74, 6) is 0.241. The van der Waals surface area contributed by atoms with Crippen molar-refractivity contribution in [2.24, 2.45) is 11.8 Å². The normalized spacial score (nSPS) is 28.2. The van der Waals surface area contributed by atoms with E-state index in [1.807, 2.05) is 4.90 Å². The molecule has 1 amide bonds. The molecule has 2 aliphatic rings. The lowest BCUT2D eigenvalue weighted by Crippen LogP contribution is -2.44. The molecule has 0 aromatic heterocycles. The molecule has 0 aromatic carbocycles. The number of nitrogens with zero attached hydrogens (tertiary/aromatic N) is 1. The summed E-state index contributed by atoms with van der Waals surface area (Å²) in [6.07, 6.45) is 5.58. The number of rotatable bonds is 3. The van der Waals surface area contributed by atoms with Crippen LogP contribution in [0.1, 0.15) is 38.5 Å². The molecular weight excluding hydrogens is 258 g/mol. The molecule has 0 atom stereocenters. The quantitative estimate of drug-likeness (QED) is 0.738. The van der Waals surface area contributed by atoms with E-state index in [1.165, 1.54) is 7.11 Å². The molecule has 0 spiro atoms. The van der Waals surface area contributed by atoms with Crippen molar-refractivity contribution in [2.75, 3.05) is 27.3 Å². The topological polar surface area (TPSA) is 55.8 Å². The molecule has 0 radical (unpaired) electrons. The van der Waals surface area contributed by atoms with Crippen LogP contribution < -0.4 is 0 Å². The number of methoxy groups -OCH3 is 2. The van der Waals surface area contributed by atoms with E-state index in [-0.39, 0.29) is 23.7 Å². The molecule has 2 rings (SSSR count). The summed E-state index contributed by atoms with van der Waals surface area (Å²) < 4.78 is 10.1. The molecule has 0 unspecified atom stereocenters. The second-order valence-corrected chi connectivity index (χ2v) is 5.83. The largest absolute Gasteiger partial charge is 0.469 e. The molecule has 1 aliphatic heterocycles. The monoisotopic (exact) mass is 283 g/mol. The Morgan fingerprint density at radius 3 is 2.00 bits per heavy atom. The van der Waals surface area contributed by atoms with Crippen molar-refractivity contribution in [3.05, 3.63) is 0 Å². The van der Waals surface area contributed by atoms with Gasteiger partial charge in [-0.15, -0.1) is 0 Å². The van der Waals surface area contributed by atoms with Gasteiger partial charge in [-0.3, -0.25) is 9.59 Å². The van der Waals surface area contributed by atoms with E-state index in [0.29, 0.717) is 19.2 Å². The van der Waals surface area contributed by atoms with Crippen molar-refractivity contribution >= 4 is 11.9 Å². The van der Waals surface area contributed by atoms with Crippen LogP contribution in [0.15, 0.2) is 0 Å². The Labute approximate surface area is 120 Å². The second-order valence-electron chi connectivity index (χ2n) is 5.83. The number of ether oxygens (including phenoxy) is 2. The van der Waals surface area contributed by atoms with Crippen molar-refractivity contribution in [3.63, 3.8) is 0 Å². The van der Waals surface area contributed by atoms with Crippen molar-refractivity contribution < 1.29 is 19.1 Å². The summed E-state index contributed by atoms with van der Waals surface area (Å²) in [6, 6.07) is 0. The molecule has 5 nitrogen and oxygen atoms in total. The van der Waals surface area contributed by atoms with Gasteiger partial charge in [0.1, 0.15) is 0 Å². The maximum Gasteiger partial charge on any atom is 0.308 e. The fraction of sp³-hybridized carbons (Fsp3) is 0.867. The van der Waals surface area contributed by atoms with Gasteiger partial charge in [0, 0.05) is 26.1 Å². The van der Waals surface area contributed by atoms with E-state index < -0.39 is 0 Å². The molecule has 1 saturated carbocycles. The van der Waals surface area contributed by atoms with Gasteiger partial charge in [-0.05, 0) is 38.5 Å². The number of esters is 1. The summed E-state index contributed by atoms with van der Waals surface area (Å²) in [6.45, 7) is 1.37. The molecule has 114 valence electrons. The first-order valence-corrected chi connectivity index (χ1v) is 7.55. The summed E-state index contributed by atoms with van der Waals surface area (Å²) in [4.78, 5) is 25.9. The number of carbonyl (C=O) groups is 2. The van der Waals surface area contributed by atoms with E-state index in [1.54, 1.807) is 7.11 Å². The molecule has 1 aliphatic carbocycles. The lowest BCUT2D eigenvalue weighted by molar-refractivity contribution is -0.150. The van der Waals surface area contributed by atoms with Crippen molar-refractivity contribution in [3.8, 4) is 0 Å². The van der Waals surface area contributed by atoms with Gasteiger partial charge in [-0.2, -0.15) is 0 Å². The van der Waals surface area contributed by atoms with Crippen LogP contribution in [0.4, 0.5) is 0 Å². The molecule has 2 fully saturated rings. The van der Waals surface area contributed by atoms with E-state index in [0.717, 1.165) is 38.5 Å². The van der Waals surface area contributed by atoms with Gasteiger partial charge in [0.05, 0.1) is 19.1 Å².